The van der Waals surface area contributed by atoms with E-state index in [0.29, 0.717) is 0 Å². The summed E-state index contributed by atoms with van der Waals surface area (Å²) in [7, 11) is 4.31. The van der Waals surface area contributed by atoms with Gasteiger partial charge < -0.3 is 27.1 Å². The molecule has 0 fully saturated rings. The summed E-state index contributed by atoms with van der Waals surface area (Å²) in [5, 5.41) is 15.2. The molecule has 0 bridgehead atoms. The minimum atomic E-state index is -0.125. The van der Waals surface area contributed by atoms with Gasteiger partial charge in [-0.3, -0.25) is 0 Å². The van der Waals surface area contributed by atoms with Crippen LogP contribution in [0.1, 0.15) is 0 Å². The van der Waals surface area contributed by atoms with Crippen molar-refractivity contribution in [1.29, 1.82) is 0 Å². The van der Waals surface area contributed by atoms with Crippen LogP contribution < -0.4 is 12.4 Å². The second-order valence-corrected chi connectivity index (χ2v) is 3.33. The average Bonchev–Trinajstić information content (AvgIpc) is 2.04. The quantitative estimate of drug-likeness (QED) is 0.397. The molecule has 14 heavy (non-hydrogen) atoms. The Hall–Kier alpha value is -0.350. The van der Waals surface area contributed by atoms with Crippen LogP contribution in [0, 0.1) is 0 Å². The van der Waals surface area contributed by atoms with Crippen LogP contribution in [0.15, 0.2) is 25.3 Å². The zero-order valence-electron chi connectivity index (χ0n) is 9.12. The van der Waals surface area contributed by atoms with Crippen molar-refractivity contribution in [3.05, 3.63) is 25.3 Å². The molecule has 0 saturated carbocycles. The van der Waals surface area contributed by atoms with Gasteiger partial charge in [0.05, 0.1) is 40.4 Å². The van der Waals surface area contributed by atoms with Crippen LogP contribution in [0.5, 0.6) is 0 Å². The summed E-state index contributed by atoms with van der Waals surface area (Å²) < 4.78 is 0.951. The number of hydrogen-bond donors (Lipinski definition) is 2. The van der Waals surface area contributed by atoms with Gasteiger partial charge >= 0.3 is 0 Å². The number of quaternary nitrogens is 1. The summed E-state index contributed by atoms with van der Waals surface area (Å²) in [5.41, 5.74) is 0. The van der Waals surface area contributed by atoms with E-state index in [1.54, 1.807) is 0 Å². The maximum absolute atomic E-state index is 7.62. The van der Waals surface area contributed by atoms with E-state index in [4.69, 9.17) is 10.2 Å². The molecule has 0 saturated heterocycles. The zero-order chi connectivity index (χ0) is 10.7. The van der Waals surface area contributed by atoms with Crippen molar-refractivity contribution in [3.8, 4) is 0 Å². The molecule has 2 N–H and O–H groups in total. The third-order valence-corrected chi connectivity index (χ3v) is 1.35. The molecule has 4 heteroatoms. The number of halogens is 1. The second-order valence-electron chi connectivity index (χ2n) is 3.33. The third kappa shape index (κ3) is 17.7. The Morgan fingerprint density at radius 1 is 1.00 bits per heavy atom. The number of likely N-dealkylation sites (N-methyl/N-ethyl adjacent to an activating group) is 1. The topological polar surface area (TPSA) is 40.5 Å². The molecule has 0 amide bonds. The molecule has 0 aromatic rings. The highest BCUT2D eigenvalue weighted by Gasteiger charge is 2.07. The monoisotopic (exact) mass is 223 g/mol. The maximum Gasteiger partial charge on any atom is 0.0969 e. The minimum absolute atomic E-state index is 0. The molecule has 0 heterocycles. The summed E-state index contributed by atoms with van der Waals surface area (Å²) in [4.78, 5) is 0. The van der Waals surface area contributed by atoms with E-state index in [2.05, 4.69) is 27.3 Å². The van der Waals surface area contributed by atoms with Gasteiger partial charge in [-0.25, -0.2) is 0 Å². The molecule has 0 aliphatic carbocycles. The van der Waals surface area contributed by atoms with Crippen LogP contribution in [-0.2, 0) is 0 Å². The maximum atomic E-state index is 7.62. The summed E-state index contributed by atoms with van der Waals surface area (Å²) in [6, 6.07) is 0. The largest absolute Gasteiger partial charge is 1.00 e. The fraction of sp³-hybridized carbons (Fsp3) is 0.600. The number of aliphatic hydroxyl groups excluding tert-OH is 2. The van der Waals surface area contributed by atoms with E-state index in [-0.39, 0.29) is 25.6 Å². The van der Waals surface area contributed by atoms with Crippen molar-refractivity contribution in [3.63, 3.8) is 0 Å². The van der Waals surface area contributed by atoms with Crippen molar-refractivity contribution in [1.82, 2.24) is 0 Å². The van der Waals surface area contributed by atoms with Crippen molar-refractivity contribution in [2.45, 2.75) is 0 Å². The predicted molar refractivity (Wildman–Crippen MR) is 56.4 cm³/mol. The lowest BCUT2D eigenvalue weighted by Gasteiger charge is -2.26. The summed E-state index contributed by atoms with van der Waals surface area (Å²) >= 11 is 0. The lowest BCUT2D eigenvalue weighted by atomic mass is 10.4. The van der Waals surface area contributed by atoms with Crippen molar-refractivity contribution >= 4 is 0 Å². The summed E-state index contributed by atoms with van der Waals surface area (Å²) in [6.45, 7) is 9.12. The molecular formula is C10H22ClNO2. The molecule has 0 rings (SSSR count). The van der Waals surface area contributed by atoms with Gasteiger partial charge in [-0.05, 0) is 12.2 Å². The first-order valence-electron chi connectivity index (χ1n) is 4.29. The van der Waals surface area contributed by atoms with E-state index < -0.39 is 0 Å². The highest BCUT2D eigenvalue weighted by molar-refractivity contribution is 4.69. The third-order valence-electron chi connectivity index (χ3n) is 1.35. The normalized spacial score (nSPS) is 9.14. The Morgan fingerprint density at radius 2 is 1.29 bits per heavy atom. The van der Waals surface area contributed by atoms with Gasteiger partial charge in [0, 0.05) is 0 Å². The van der Waals surface area contributed by atoms with E-state index in [9.17, 15) is 0 Å². The molecule has 0 aromatic heterocycles. The SMILES string of the molecule is C=CC[N+](C)(C)CC=C.OCCO.[Cl-]. The number of nitrogens with zero attached hydrogens (tertiary/aromatic N) is 1. The minimum Gasteiger partial charge on any atom is -1.00 e. The first kappa shape index (κ1) is 19.3. The Morgan fingerprint density at radius 3 is 1.43 bits per heavy atom. The molecule has 0 aliphatic rings. The lowest BCUT2D eigenvalue weighted by molar-refractivity contribution is -0.878. The van der Waals surface area contributed by atoms with E-state index in [1.807, 2.05) is 12.2 Å². The van der Waals surface area contributed by atoms with E-state index >= 15 is 0 Å². The zero-order valence-corrected chi connectivity index (χ0v) is 9.87. The van der Waals surface area contributed by atoms with Gasteiger partial charge in [-0.1, -0.05) is 13.2 Å². The summed E-state index contributed by atoms with van der Waals surface area (Å²) in [6.07, 6.45) is 3.87. The van der Waals surface area contributed by atoms with Crippen molar-refractivity contribution < 1.29 is 27.1 Å². The van der Waals surface area contributed by atoms with Gasteiger partial charge in [0.15, 0.2) is 0 Å². The van der Waals surface area contributed by atoms with Gasteiger partial charge in [0.1, 0.15) is 0 Å². The first-order valence-corrected chi connectivity index (χ1v) is 4.29. The molecule has 86 valence electrons. The summed E-state index contributed by atoms with van der Waals surface area (Å²) in [5.74, 6) is 0. The van der Waals surface area contributed by atoms with Crippen LogP contribution in [-0.4, -0.2) is 55.1 Å². The average molecular weight is 224 g/mol. The Kier molecular flexibility index (Phi) is 17.4. The second kappa shape index (κ2) is 12.7. The van der Waals surface area contributed by atoms with Gasteiger partial charge in [-0.2, -0.15) is 0 Å². The number of aliphatic hydroxyl groups is 2. The Balaban J connectivity index is -0.000000209. The molecule has 0 aromatic carbocycles. The number of rotatable bonds is 5. The van der Waals surface area contributed by atoms with Crippen LogP contribution in [0.2, 0.25) is 0 Å². The highest BCUT2D eigenvalue weighted by atomic mass is 35.5. The standard InChI is InChI=1S/C8H16N.C2H6O2.ClH/c1-5-7-9(3,4)8-6-2;3-1-2-4;/h5-6H,1-2,7-8H2,3-4H3;3-4H,1-2H2;1H/q+1;;/p-1. The fourth-order valence-corrected chi connectivity index (χ4v) is 0.774. The lowest BCUT2D eigenvalue weighted by Crippen LogP contribution is -3.00. The van der Waals surface area contributed by atoms with Crippen LogP contribution in [0.25, 0.3) is 0 Å². The van der Waals surface area contributed by atoms with Crippen molar-refractivity contribution in [2.75, 3.05) is 40.4 Å². The predicted octanol–water partition coefficient (Wildman–Crippen LogP) is -2.59. The van der Waals surface area contributed by atoms with Gasteiger partial charge in [0.2, 0.25) is 0 Å². The van der Waals surface area contributed by atoms with Crippen LogP contribution in [0.3, 0.4) is 0 Å². The Bertz CT molecular complexity index is 124. The molecule has 0 aliphatic heterocycles. The first-order chi connectivity index (χ1) is 6.04. The molecule has 0 atom stereocenters. The van der Waals surface area contributed by atoms with Crippen LogP contribution in [0.4, 0.5) is 0 Å². The molecule has 3 nitrogen and oxygen atoms in total. The fourth-order valence-electron chi connectivity index (χ4n) is 0.774. The molecule has 0 radical (unpaired) electrons. The van der Waals surface area contributed by atoms with Gasteiger partial charge in [0.25, 0.3) is 0 Å². The molecule has 0 unspecified atom stereocenters. The molecular weight excluding hydrogens is 202 g/mol. The smallest absolute Gasteiger partial charge is 0.0969 e. The Labute approximate surface area is 93.4 Å². The van der Waals surface area contributed by atoms with Crippen molar-refractivity contribution in [2.24, 2.45) is 0 Å². The van der Waals surface area contributed by atoms with Crippen LogP contribution >= 0.6 is 0 Å². The molecule has 0 spiro atoms. The van der Waals surface area contributed by atoms with E-state index in [0.717, 1.165) is 17.6 Å². The highest BCUT2D eigenvalue weighted by Crippen LogP contribution is 1.95. The van der Waals surface area contributed by atoms with E-state index in [1.165, 1.54) is 0 Å². The number of hydrogen-bond acceptors (Lipinski definition) is 2. The van der Waals surface area contributed by atoms with Gasteiger partial charge in [-0.15, -0.1) is 0 Å².